The number of hydrogen-bond donors (Lipinski definition) is 4. The van der Waals surface area contributed by atoms with Gasteiger partial charge < -0.3 is 29.0 Å². The maximum absolute atomic E-state index is 11.6. The molecule has 0 amide bonds. The second kappa shape index (κ2) is 11.4. The van der Waals surface area contributed by atoms with Crippen molar-refractivity contribution in [3.05, 3.63) is 6.61 Å². The Kier molecular flexibility index (Phi) is 13.1. The Labute approximate surface area is 170 Å². The summed E-state index contributed by atoms with van der Waals surface area (Å²) in [7, 11) is -16.1. The van der Waals surface area contributed by atoms with Crippen LogP contribution in [0.4, 0.5) is 0 Å². The van der Waals surface area contributed by atoms with Gasteiger partial charge in [0.05, 0.1) is 18.8 Å². The van der Waals surface area contributed by atoms with Crippen molar-refractivity contribution in [3.63, 3.8) is 0 Å². The van der Waals surface area contributed by atoms with E-state index in [-0.39, 0.29) is 46.2 Å². The Morgan fingerprint density at radius 2 is 1.68 bits per heavy atom. The van der Waals surface area contributed by atoms with Gasteiger partial charge in [-0.05, 0) is 13.3 Å². The molecule has 0 aliphatic carbocycles. The van der Waals surface area contributed by atoms with Crippen molar-refractivity contribution >= 4 is 23.5 Å². The van der Waals surface area contributed by atoms with E-state index in [2.05, 4.69) is 13.1 Å². The Morgan fingerprint density at radius 1 is 1.12 bits per heavy atom. The van der Waals surface area contributed by atoms with E-state index >= 15 is 0 Å². The Bertz CT molecular complexity index is 538. The van der Waals surface area contributed by atoms with Crippen molar-refractivity contribution in [2.24, 2.45) is 0 Å². The molecule has 2 unspecified atom stereocenters. The standard InChI is InChI=1S/C8H18O12P3.CH4.Y/c1-3-16-7-4-6(2)18-8(7)5-17-22(12,13)20-23(14,15)19-21(9,10)11;;/h3,6-8H,4-5H2,1-2H3,(H,12,13)(H,14,15)(H2,9,10,11);1H4;/q-1;;/t6-,7+,8+;;/m0../s1. The SMILES string of the molecule is C.C[CH-]O[C@@H]1C[C@H](C)O[C@@H]1COP(=O)(O)OP(=O)(O)OP(=O)(O)O.[Y]. The molecule has 12 nitrogen and oxygen atoms in total. The molecule has 16 heteroatoms. The molecule has 0 aromatic rings. The van der Waals surface area contributed by atoms with Gasteiger partial charge in [-0.3, -0.25) is 4.52 Å². The smallest absolute Gasteiger partial charge is 0.490 e. The van der Waals surface area contributed by atoms with Crippen LogP contribution in [0.3, 0.4) is 0 Å². The van der Waals surface area contributed by atoms with E-state index in [1.807, 2.05) is 0 Å². The molecule has 0 aromatic carbocycles. The second-order valence-electron chi connectivity index (χ2n) is 4.52. The summed E-state index contributed by atoms with van der Waals surface area (Å²) in [4.78, 5) is 35.1. The number of ether oxygens (including phenoxy) is 2. The summed E-state index contributed by atoms with van der Waals surface area (Å²) in [5, 5.41) is 0. The minimum atomic E-state index is -5.52. The van der Waals surface area contributed by atoms with Gasteiger partial charge in [-0.15, -0.1) is 0 Å². The molecule has 0 bridgehead atoms. The van der Waals surface area contributed by atoms with Crippen LogP contribution >= 0.6 is 23.5 Å². The van der Waals surface area contributed by atoms with Crippen molar-refractivity contribution in [1.82, 2.24) is 0 Å². The van der Waals surface area contributed by atoms with E-state index in [1.54, 1.807) is 13.8 Å². The third-order valence-electron chi connectivity index (χ3n) is 2.51. The Balaban J connectivity index is 0. The number of hydrogen-bond acceptors (Lipinski definition) is 8. The van der Waals surface area contributed by atoms with E-state index in [4.69, 9.17) is 24.2 Å². The van der Waals surface area contributed by atoms with Crippen molar-refractivity contribution in [1.29, 1.82) is 0 Å². The van der Waals surface area contributed by atoms with E-state index < -0.39 is 42.3 Å². The molecule has 25 heavy (non-hydrogen) atoms. The molecule has 1 heterocycles. The molecule has 0 aromatic heterocycles. The van der Waals surface area contributed by atoms with Crippen LogP contribution in [0, 0.1) is 6.61 Å². The molecule has 1 saturated heterocycles. The van der Waals surface area contributed by atoms with Crippen LogP contribution in [0.15, 0.2) is 0 Å². The van der Waals surface area contributed by atoms with Crippen molar-refractivity contribution in [3.8, 4) is 0 Å². The average molecular weight is 504 g/mol. The van der Waals surface area contributed by atoms with Crippen LogP contribution in [-0.4, -0.2) is 44.5 Å². The predicted octanol–water partition coefficient (Wildman–Crippen LogP) is 1.71. The van der Waals surface area contributed by atoms with E-state index in [0.717, 1.165) is 0 Å². The van der Waals surface area contributed by atoms with Crippen LogP contribution in [0.2, 0.25) is 0 Å². The monoisotopic (exact) mass is 504 g/mol. The summed E-state index contributed by atoms with van der Waals surface area (Å²) < 4.78 is 55.5. The quantitative estimate of drug-likeness (QED) is 0.264. The van der Waals surface area contributed by atoms with Crippen molar-refractivity contribution < 1.29 is 88.6 Å². The summed E-state index contributed by atoms with van der Waals surface area (Å²) in [6.07, 6.45) is -0.905. The van der Waals surface area contributed by atoms with Crippen molar-refractivity contribution in [2.45, 2.75) is 46.0 Å². The Morgan fingerprint density at radius 3 is 2.16 bits per heavy atom. The summed E-state index contributed by atoms with van der Waals surface area (Å²) in [6.45, 7) is 4.26. The summed E-state index contributed by atoms with van der Waals surface area (Å²) in [5.74, 6) is 0. The molecule has 1 radical (unpaired) electrons. The summed E-state index contributed by atoms with van der Waals surface area (Å²) >= 11 is 0. The molecule has 1 fully saturated rings. The van der Waals surface area contributed by atoms with Crippen LogP contribution in [0.5, 0.6) is 0 Å². The van der Waals surface area contributed by atoms with Gasteiger partial charge in [-0.1, -0.05) is 7.43 Å². The largest absolute Gasteiger partial charge is 0.548 e. The third kappa shape index (κ3) is 11.8. The van der Waals surface area contributed by atoms with Crippen LogP contribution in [0.25, 0.3) is 0 Å². The van der Waals surface area contributed by atoms with Crippen LogP contribution in [0.1, 0.15) is 27.7 Å². The minimum Gasteiger partial charge on any atom is -0.548 e. The van der Waals surface area contributed by atoms with Gasteiger partial charge >= 0.3 is 23.5 Å². The maximum Gasteiger partial charge on any atom is 0.490 e. The molecule has 5 atom stereocenters. The fourth-order valence-electron chi connectivity index (χ4n) is 1.86. The van der Waals surface area contributed by atoms with Crippen LogP contribution < -0.4 is 0 Å². The predicted molar refractivity (Wildman–Crippen MR) is 80.3 cm³/mol. The Hall–Kier alpha value is 1.43. The van der Waals surface area contributed by atoms with Gasteiger partial charge in [0.2, 0.25) is 0 Å². The van der Waals surface area contributed by atoms with E-state index in [0.29, 0.717) is 6.42 Å². The molecule has 149 valence electrons. The zero-order chi connectivity index (χ0) is 17.9. The average Bonchev–Trinajstić information content (AvgIpc) is 2.63. The molecule has 4 N–H and O–H groups in total. The number of phosphoric ester groups is 1. The zero-order valence-corrected chi connectivity index (χ0v) is 18.2. The first-order chi connectivity index (χ1) is 10.3. The van der Waals surface area contributed by atoms with Gasteiger partial charge in [-0.2, -0.15) is 15.5 Å². The van der Waals surface area contributed by atoms with Crippen LogP contribution in [-0.2, 0) is 69.0 Å². The first-order valence-electron chi connectivity index (χ1n) is 6.20. The van der Waals surface area contributed by atoms with Gasteiger partial charge in [-0.25, -0.2) is 20.3 Å². The topological polar surface area (TPSA) is 178 Å². The molecule has 0 saturated carbocycles. The van der Waals surface area contributed by atoms with E-state index in [9.17, 15) is 18.6 Å². The molecule has 0 spiro atoms. The van der Waals surface area contributed by atoms with Gasteiger partial charge in [0, 0.05) is 32.7 Å². The summed E-state index contributed by atoms with van der Waals surface area (Å²) in [6, 6.07) is 0. The molecule has 1 rings (SSSR count). The van der Waals surface area contributed by atoms with Crippen molar-refractivity contribution in [2.75, 3.05) is 6.61 Å². The molecule has 1 aliphatic rings. The third-order valence-corrected chi connectivity index (χ3v) is 6.32. The van der Waals surface area contributed by atoms with E-state index in [1.165, 1.54) is 6.61 Å². The maximum atomic E-state index is 11.6. The van der Waals surface area contributed by atoms with Gasteiger partial charge in [0.1, 0.15) is 6.10 Å². The number of rotatable bonds is 9. The summed E-state index contributed by atoms with van der Waals surface area (Å²) in [5.41, 5.74) is 0. The van der Waals surface area contributed by atoms with Gasteiger partial charge in [0.25, 0.3) is 0 Å². The zero-order valence-electron chi connectivity index (χ0n) is 12.7. The molecular formula is C9H22O12P3Y-. The number of phosphoric acid groups is 3. The fourth-order valence-corrected chi connectivity index (χ4v) is 4.89. The van der Waals surface area contributed by atoms with Gasteiger partial charge in [0.15, 0.2) is 0 Å². The minimum absolute atomic E-state index is 0. The normalized spacial score (nSPS) is 28.3. The fraction of sp³-hybridized carbons (Fsp3) is 0.889. The molecular weight excluding hydrogens is 482 g/mol. The molecule has 1 aliphatic heterocycles. The first kappa shape index (κ1) is 28.6. The second-order valence-corrected chi connectivity index (χ2v) is 8.94. The first-order valence-corrected chi connectivity index (χ1v) is 10.7.